The van der Waals surface area contributed by atoms with Crippen molar-refractivity contribution in [3.8, 4) is 11.4 Å². The molecule has 0 saturated heterocycles. The first-order valence-electron chi connectivity index (χ1n) is 11.8. The summed E-state index contributed by atoms with van der Waals surface area (Å²) in [5, 5.41) is 15.5. The Morgan fingerprint density at radius 2 is 2.03 bits per heavy atom. The summed E-state index contributed by atoms with van der Waals surface area (Å²) in [5.41, 5.74) is 3.41. The van der Waals surface area contributed by atoms with Crippen molar-refractivity contribution in [3.05, 3.63) is 62.9 Å². The second-order valence-corrected chi connectivity index (χ2v) is 10.3. The summed E-state index contributed by atoms with van der Waals surface area (Å²) in [5.74, 6) is -0.413. The van der Waals surface area contributed by atoms with Gasteiger partial charge in [-0.1, -0.05) is 30.3 Å². The smallest absolute Gasteiger partial charge is 0.307 e. The molecule has 0 amide bonds. The average Bonchev–Trinajstić information content (AvgIpc) is 3.12. The van der Waals surface area contributed by atoms with Crippen LogP contribution in [-0.4, -0.2) is 39.0 Å². The fourth-order valence-electron chi connectivity index (χ4n) is 4.99. The van der Waals surface area contributed by atoms with Gasteiger partial charge in [0.2, 0.25) is 0 Å². The summed E-state index contributed by atoms with van der Waals surface area (Å²) in [4.78, 5) is 36.6. The number of aliphatic hydroxyl groups excluding tert-OH is 1. The van der Waals surface area contributed by atoms with Crippen LogP contribution in [0, 0.1) is 0 Å². The second-order valence-electron chi connectivity index (χ2n) is 10.3. The fraction of sp³-hybridized carbons (Fsp3) is 0.407. The third kappa shape index (κ3) is 3.82. The van der Waals surface area contributed by atoms with Crippen LogP contribution in [0.4, 0.5) is 0 Å². The van der Waals surface area contributed by atoms with Crippen LogP contribution in [0.15, 0.2) is 40.3 Å². The molecular formula is C27H29N3O5. The number of carbonyl (C=O) groups is 1. The molecule has 0 aliphatic carbocycles. The largest absolute Gasteiger partial charge is 0.461 e. The van der Waals surface area contributed by atoms with Gasteiger partial charge in [0, 0.05) is 21.9 Å². The van der Waals surface area contributed by atoms with Crippen LogP contribution in [-0.2, 0) is 32.9 Å². The quantitative estimate of drug-likeness (QED) is 0.275. The highest BCUT2D eigenvalue weighted by molar-refractivity contribution is 6.02. The van der Waals surface area contributed by atoms with Crippen LogP contribution in [0.2, 0.25) is 0 Å². The number of aromatic nitrogens is 2. The van der Waals surface area contributed by atoms with E-state index in [-0.39, 0.29) is 25.2 Å². The van der Waals surface area contributed by atoms with E-state index in [1.807, 2.05) is 58.0 Å². The van der Waals surface area contributed by atoms with Crippen LogP contribution in [0.1, 0.15) is 62.8 Å². The molecule has 5 rings (SSSR count). The van der Waals surface area contributed by atoms with Gasteiger partial charge in [-0.15, -0.1) is 0 Å². The lowest BCUT2D eigenvalue weighted by Gasteiger charge is -2.30. The highest BCUT2D eigenvalue weighted by Gasteiger charge is 2.40. The molecular weight excluding hydrogens is 446 g/mol. The van der Waals surface area contributed by atoms with Gasteiger partial charge < -0.3 is 19.2 Å². The van der Waals surface area contributed by atoms with Gasteiger partial charge in [0.1, 0.15) is 12.2 Å². The van der Waals surface area contributed by atoms with Gasteiger partial charge in [-0.25, -0.2) is 4.98 Å². The highest BCUT2D eigenvalue weighted by Crippen LogP contribution is 2.41. The summed E-state index contributed by atoms with van der Waals surface area (Å²) in [6, 6.07) is 9.69. The number of hydrogen-bond acceptors (Lipinski definition) is 7. The fourth-order valence-corrected chi connectivity index (χ4v) is 4.99. The molecule has 2 aliphatic rings. The third-order valence-corrected chi connectivity index (χ3v) is 6.92. The molecule has 2 aromatic heterocycles. The van der Waals surface area contributed by atoms with Crippen LogP contribution < -0.4 is 5.56 Å². The molecule has 182 valence electrons. The summed E-state index contributed by atoms with van der Waals surface area (Å²) in [6.07, 6.45) is 2.21. The van der Waals surface area contributed by atoms with E-state index in [9.17, 15) is 14.7 Å². The Balaban J connectivity index is 1.75. The number of cyclic esters (lactones) is 1. The number of carbonyl (C=O) groups excluding carboxylic acids is 1. The molecule has 1 aromatic carbocycles. The SMILES string of the molecule is CCC1(CO)CC(=O)OCc2c1cc1n(c2=O)Cc2c-1nc1ccccc1c2/C=N/OC(C)(C)C. The average molecular weight is 476 g/mol. The van der Waals surface area contributed by atoms with Gasteiger partial charge in [-0.05, 0) is 44.9 Å². The molecule has 35 heavy (non-hydrogen) atoms. The minimum absolute atomic E-state index is 0.0238. The lowest BCUT2D eigenvalue weighted by atomic mass is 9.74. The Bertz CT molecular complexity index is 1430. The van der Waals surface area contributed by atoms with Crippen molar-refractivity contribution in [2.24, 2.45) is 5.16 Å². The molecule has 3 aromatic rings. The van der Waals surface area contributed by atoms with Crippen molar-refractivity contribution in [3.63, 3.8) is 0 Å². The zero-order chi connectivity index (χ0) is 25.0. The highest BCUT2D eigenvalue weighted by atomic mass is 16.6. The maximum atomic E-state index is 13.7. The molecule has 0 spiro atoms. The first-order valence-corrected chi connectivity index (χ1v) is 11.8. The predicted octanol–water partition coefficient (Wildman–Crippen LogP) is 3.66. The molecule has 0 saturated carbocycles. The Morgan fingerprint density at radius 3 is 2.74 bits per heavy atom. The van der Waals surface area contributed by atoms with Gasteiger partial charge in [-0.3, -0.25) is 9.59 Å². The zero-order valence-electron chi connectivity index (χ0n) is 20.4. The predicted molar refractivity (Wildman–Crippen MR) is 132 cm³/mol. The molecule has 8 heteroatoms. The van der Waals surface area contributed by atoms with E-state index in [1.54, 1.807) is 10.8 Å². The van der Waals surface area contributed by atoms with Gasteiger partial charge >= 0.3 is 5.97 Å². The van der Waals surface area contributed by atoms with Crippen LogP contribution in [0.3, 0.4) is 0 Å². The number of pyridine rings is 2. The molecule has 1 unspecified atom stereocenters. The standard InChI is InChI=1S/C27H29N3O5/c1-5-27(15-31)11-23(32)34-14-19-20(27)10-22-24-18(13-30(22)25(19)33)17(12-28-35-26(2,3)4)16-8-6-7-9-21(16)29-24/h6-10,12,31H,5,11,13-15H2,1-4H3/b28-12+. The van der Waals surface area contributed by atoms with Crippen molar-refractivity contribution >= 4 is 23.1 Å². The molecule has 0 bridgehead atoms. The van der Waals surface area contributed by atoms with Crippen LogP contribution in [0.25, 0.3) is 22.3 Å². The lowest BCUT2D eigenvalue weighted by molar-refractivity contribution is -0.146. The van der Waals surface area contributed by atoms with Crippen LogP contribution >= 0.6 is 0 Å². The van der Waals surface area contributed by atoms with Crippen LogP contribution in [0.5, 0.6) is 0 Å². The lowest BCUT2D eigenvalue weighted by Crippen LogP contribution is -2.35. The monoisotopic (exact) mass is 475 g/mol. The van der Waals surface area contributed by atoms with E-state index in [0.29, 0.717) is 35.5 Å². The van der Waals surface area contributed by atoms with E-state index in [2.05, 4.69) is 5.16 Å². The van der Waals surface area contributed by atoms with Crippen molar-refractivity contribution < 1.29 is 19.5 Å². The minimum Gasteiger partial charge on any atom is -0.461 e. The molecule has 8 nitrogen and oxygen atoms in total. The number of oxime groups is 1. The molecule has 1 atom stereocenters. The van der Waals surface area contributed by atoms with E-state index in [0.717, 1.165) is 22.0 Å². The molecule has 1 N–H and O–H groups in total. The summed E-state index contributed by atoms with van der Waals surface area (Å²) >= 11 is 0. The Morgan fingerprint density at radius 1 is 1.26 bits per heavy atom. The number of para-hydroxylation sites is 1. The van der Waals surface area contributed by atoms with E-state index in [4.69, 9.17) is 14.6 Å². The minimum atomic E-state index is -0.873. The Hall–Kier alpha value is -3.52. The number of hydrogen-bond donors (Lipinski definition) is 1. The number of aliphatic hydroxyl groups is 1. The van der Waals surface area contributed by atoms with Crippen molar-refractivity contribution in [1.29, 1.82) is 0 Å². The van der Waals surface area contributed by atoms with Gasteiger partial charge in [0.15, 0.2) is 0 Å². The van der Waals surface area contributed by atoms with E-state index in [1.165, 1.54) is 0 Å². The van der Waals surface area contributed by atoms with E-state index >= 15 is 0 Å². The Kier molecular flexibility index (Phi) is 5.51. The summed E-state index contributed by atoms with van der Waals surface area (Å²) < 4.78 is 7.04. The van der Waals surface area contributed by atoms with Gasteiger partial charge in [-0.2, -0.15) is 0 Å². The molecule has 2 aliphatic heterocycles. The third-order valence-electron chi connectivity index (χ3n) is 6.92. The first-order chi connectivity index (χ1) is 16.7. The first kappa shape index (κ1) is 23.2. The molecule has 0 radical (unpaired) electrons. The zero-order valence-corrected chi connectivity index (χ0v) is 20.4. The Labute approximate surface area is 203 Å². The second kappa shape index (κ2) is 8.30. The number of rotatable bonds is 4. The number of ether oxygens (including phenoxy) is 1. The molecule has 4 heterocycles. The van der Waals surface area contributed by atoms with E-state index < -0.39 is 17.0 Å². The van der Waals surface area contributed by atoms with Gasteiger partial charge in [0.25, 0.3) is 5.56 Å². The number of esters is 1. The van der Waals surface area contributed by atoms with Crippen molar-refractivity contribution in [1.82, 2.24) is 9.55 Å². The number of fused-ring (bicyclic) bond motifs is 5. The van der Waals surface area contributed by atoms with Crippen molar-refractivity contribution in [2.75, 3.05) is 6.61 Å². The number of benzene rings is 1. The summed E-state index contributed by atoms with van der Waals surface area (Å²) in [6.45, 7) is 7.65. The summed E-state index contributed by atoms with van der Waals surface area (Å²) in [7, 11) is 0. The van der Waals surface area contributed by atoms with Gasteiger partial charge in [0.05, 0.1) is 48.3 Å². The maximum Gasteiger partial charge on any atom is 0.307 e. The topological polar surface area (TPSA) is 103 Å². The van der Waals surface area contributed by atoms with Crippen molar-refractivity contribution in [2.45, 2.75) is 64.7 Å². The maximum absolute atomic E-state index is 13.7. The number of nitrogens with zero attached hydrogens (tertiary/aromatic N) is 3. The molecule has 0 fully saturated rings. The normalized spacial score (nSPS) is 19.3.